The van der Waals surface area contributed by atoms with Crippen molar-refractivity contribution in [1.29, 1.82) is 0 Å². The zero-order valence-electron chi connectivity index (χ0n) is 11.8. The summed E-state index contributed by atoms with van der Waals surface area (Å²) in [5.41, 5.74) is 2.93. The van der Waals surface area contributed by atoms with E-state index in [4.69, 9.17) is 5.84 Å². The third-order valence-corrected chi connectivity index (χ3v) is 4.42. The quantitative estimate of drug-likeness (QED) is 0.583. The van der Waals surface area contributed by atoms with Crippen LogP contribution in [-0.2, 0) is 0 Å². The van der Waals surface area contributed by atoms with Gasteiger partial charge < -0.3 is 10.7 Å². The van der Waals surface area contributed by atoms with E-state index >= 15 is 0 Å². The lowest BCUT2D eigenvalue weighted by Gasteiger charge is -2.33. The van der Waals surface area contributed by atoms with Crippen molar-refractivity contribution in [2.24, 2.45) is 17.7 Å². The highest BCUT2D eigenvalue weighted by atomic mass is 79.9. The smallest absolute Gasteiger partial charge is 0.255 e. The van der Waals surface area contributed by atoms with Crippen molar-refractivity contribution >= 4 is 27.7 Å². The maximum atomic E-state index is 12.4. The van der Waals surface area contributed by atoms with Crippen LogP contribution in [0, 0.1) is 11.8 Å². The Morgan fingerprint density at radius 1 is 1.45 bits per heavy atom. The first kappa shape index (κ1) is 15.3. The fourth-order valence-electron chi connectivity index (χ4n) is 2.85. The van der Waals surface area contributed by atoms with Crippen LogP contribution in [0.1, 0.15) is 43.5 Å². The van der Waals surface area contributed by atoms with E-state index in [1.54, 1.807) is 12.3 Å². The largest absolute Gasteiger partial charge is 0.349 e. The number of nitrogens with one attached hydrogen (secondary N) is 2. The SMILES string of the molecule is CC1CCC(NC(=O)c2cc(Br)cnc2NN)C(C)C1. The Balaban J connectivity index is 2.10. The molecular formula is C14H21BrN4O. The summed E-state index contributed by atoms with van der Waals surface area (Å²) in [5.74, 6) is 6.91. The molecule has 0 aliphatic heterocycles. The van der Waals surface area contributed by atoms with E-state index in [9.17, 15) is 4.79 Å². The zero-order valence-corrected chi connectivity index (χ0v) is 13.4. The monoisotopic (exact) mass is 340 g/mol. The van der Waals surface area contributed by atoms with Crippen molar-refractivity contribution in [3.05, 3.63) is 22.3 Å². The number of halogens is 1. The minimum Gasteiger partial charge on any atom is -0.349 e. The third-order valence-electron chi connectivity index (χ3n) is 3.98. The van der Waals surface area contributed by atoms with Crippen LogP contribution < -0.4 is 16.6 Å². The number of nitrogens with two attached hydrogens (primary N) is 1. The summed E-state index contributed by atoms with van der Waals surface area (Å²) in [7, 11) is 0. The Kier molecular flexibility index (Phi) is 4.99. The van der Waals surface area contributed by atoms with Crippen LogP contribution in [0.2, 0.25) is 0 Å². The molecule has 1 aliphatic rings. The molecule has 2 rings (SSSR count). The van der Waals surface area contributed by atoms with E-state index in [0.29, 0.717) is 17.3 Å². The van der Waals surface area contributed by atoms with Crippen LogP contribution in [0.3, 0.4) is 0 Å². The van der Waals surface area contributed by atoms with Crippen LogP contribution in [0.25, 0.3) is 0 Å². The van der Waals surface area contributed by atoms with Gasteiger partial charge in [0.2, 0.25) is 0 Å². The number of nitrogen functional groups attached to an aromatic ring is 1. The number of amides is 1. The van der Waals surface area contributed by atoms with E-state index in [-0.39, 0.29) is 11.9 Å². The third kappa shape index (κ3) is 3.49. The average Bonchev–Trinajstić information content (AvgIpc) is 2.41. The van der Waals surface area contributed by atoms with E-state index in [0.717, 1.165) is 29.7 Å². The van der Waals surface area contributed by atoms with Gasteiger partial charge in [-0.15, -0.1) is 0 Å². The highest BCUT2D eigenvalue weighted by Gasteiger charge is 2.27. The van der Waals surface area contributed by atoms with E-state index < -0.39 is 0 Å². The van der Waals surface area contributed by atoms with Crippen molar-refractivity contribution in [1.82, 2.24) is 10.3 Å². The van der Waals surface area contributed by atoms with Gasteiger partial charge >= 0.3 is 0 Å². The lowest BCUT2D eigenvalue weighted by atomic mass is 9.80. The van der Waals surface area contributed by atoms with Crippen molar-refractivity contribution in [2.75, 3.05) is 5.43 Å². The molecule has 1 aromatic heterocycles. The summed E-state index contributed by atoms with van der Waals surface area (Å²) >= 11 is 3.33. The topological polar surface area (TPSA) is 80.0 Å². The number of carbonyl (C=O) groups is 1. The number of hydrazine groups is 1. The molecule has 1 aliphatic carbocycles. The van der Waals surface area contributed by atoms with E-state index in [1.807, 2.05) is 0 Å². The molecule has 5 nitrogen and oxygen atoms in total. The van der Waals surface area contributed by atoms with Gasteiger partial charge in [0.1, 0.15) is 0 Å². The number of hydrogen-bond acceptors (Lipinski definition) is 4. The van der Waals surface area contributed by atoms with Gasteiger partial charge in [-0.3, -0.25) is 4.79 Å². The highest BCUT2D eigenvalue weighted by Crippen LogP contribution is 2.29. The molecule has 0 bridgehead atoms. The molecular weight excluding hydrogens is 320 g/mol. The van der Waals surface area contributed by atoms with Crippen molar-refractivity contribution < 1.29 is 4.79 Å². The molecule has 0 saturated heterocycles. The Labute approximate surface area is 127 Å². The van der Waals surface area contributed by atoms with Crippen LogP contribution in [-0.4, -0.2) is 16.9 Å². The lowest BCUT2D eigenvalue weighted by molar-refractivity contribution is 0.0900. The zero-order chi connectivity index (χ0) is 14.7. The summed E-state index contributed by atoms with van der Waals surface area (Å²) in [4.78, 5) is 16.5. The van der Waals surface area contributed by atoms with Gasteiger partial charge in [0.15, 0.2) is 5.82 Å². The van der Waals surface area contributed by atoms with Gasteiger partial charge in [0.25, 0.3) is 5.91 Å². The van der Waals surface area contributed by atoms with Crippen LogP contribution in [0.5, 0.6) is 0 Å². The number of pyridine rings is 1. The molecule has 1 amide bonds. The predicted octanol–water partition coefficient (Wildman–Crippen LogP) is 2.68. The standard InChI is InChI=1S/C14H21BrN4O/c1-8-3-4-12(9(2)5-8)18-14(20)11-6-10(15)7-17-13(11)19-16/h6-9,12H,3-5,16H2,1-2H3,(H,17,19)(H,18,20). The Morgan fingerprint density at radius 3 is 2.85 bits per heavy atom. The summed E-state index contributed by atoms with van der Waals surface area (Å²) in [6.07, 6.45) is 4.95. The first-order chi connectivity index (χ1) is 9.51. The second-order valence-electron chi connectivity index (χ2n) is 5.67. The van der Waals surface area contributed by atoms with Crippen molar-refractivity contribution in [3.8, 4) is 0 Å². The first-order valence-corrected chi connectivity index (χ1v) is 7.73. The number of aromatic nitrogens is 1. The molecule has 20 heavy (non-hydrogen) atoms. The molecule has 0 spiro atoms. The maximum Gasteiger partial charge on any atom is 0.255 e. The molecule has 1 aromatic rings. The molecule has 0 radical (unpaired) electrons. The maximum absolute atomic E-state index is 12.4. The van der Waals surface area contributed by atoms with Gasteiger partial charge in [-0.05, 0) is 53.1 Å². The van der Waals surface area contributed by atoms with E-state index in [1.165, 1.54) is 0 Å². The highest BCUT2D eigenvalue weighted by molar-refractivity contribution is 9.10. The number of hydrogen-bond donors (Lipinski definition) is 3. The lowest BCUT2D eigenvalue weighted by Crippen LogP contribution is -2.42. The molecule has 3 unspecified atom stereocenters. The minimum absolute atomic E-state index is 0.127. The van der Waals surface area contributed by atoms with E-state index in [2.05, 4.69) is 45.5 Å². The molecule has 1 saturated carbocycles. The van der Waals surface area contributed by atoms with Crippen LogP contribution in [0.15, 0.2) is 16.7 Å². The van der Waals surface area contributed by atoms with Gasteiger partial charge in [0.05, 0.1) is 5.56 Å². The van der Waals surface area contributed by atoms with Gasteiger partial charge in [-0.25, -0.2) is 10.8 Å². The van der Waals surface area contributed by atoms with Crippen molar-refractivity contribution in [3.63, 3.8) is 0 Å². The summed E-state index contributed by atoms with van der Waals surface area (Å²) < 4.78 is 0.756. The Morgan fingerprint density at radius 2 is 2.20 bits per heavy atom. The summed E-state index contributed by atoms with van der Waals surface area (Å²) in [5, 5.41) is 3.11. The fraction of sp³-hybridized carbons (Fsp3) is 0.571. The Bertz CT molecular complexity index is 494. The number of carbonyl (C=O) groups excluding carboxylic acids is 1. The molecule has 110 valence electrons. The van der Waals surface area contributed by atoms with Gasteiger partial charge in [-0.2, -0.15) is 0 Å². The molecule has 1 heterocycles. The molecule has 1 fully saturated rings. The van der Waals surface area contributed by atoms with Gasteiger partial charge in [0, 0.05) is 16.7 Å². The Hall–Kier alpha value is -1.14. The predicted molar refractivity (Wildman–Crippen MR) is 83.2 cm³/mol. The summed E-state index contributed by atoms with van der Waals surface area (Å²) in [6, 6.07) is 1.96. The van der Waals surface area contributed by atoms with Gasteiger partial charge in [-0.1, -0.05) is 13.8 Å². The number of rotatable bonds is 3. The fourth-order valence-corrected chi connectivity index (χ4v) is 3.18. The second-order valence-corrected chi connectivity index (χ2v) is 6.59. The molecule has 3 atom stereocenters. The number of nitrogens with zero attached hydrogens (tertiary/aromatic N) is 1. The molecule has 4 N–H and O–H groups in total. The normalized spacial score (nSPS) is 26.1. The molecule has 6 heteroatoms. The summed E-state index contributed by atoms with van der Waals surface area (Å²) in [6.45, 7) is 4.46. The first-order valence-electron chi connectivity index (χ1n) is 6.94. The number of anilines is 1. The minimum atomic E-state index is -0.127. The van der Waals surface area contributed by atoms with Crippen LogP contribution in [0.4, 0.5) is 5.82 Å². The molecule has 0 aromatic carbocycles. The van der Waals surface area contributed by atoms with Crippen molar-refractivity contribution in [2.45, 2.75) is 39.2 Å². The second kappa shape index (κ2) is 6.54. The van der Waals surface area contributed by atoms with Crippen LogP contribution >= 0.6 is 15.9 Å². The average molecular weight is 341 g/mol.